The molecule has 0 bridgehead atoms. The fourth-order valence-corrected chi connectivity index (χ4v) is 1.90. The van der Waals surface area contributed by atoms with E-state index >= 15 is 0 Å². The van der Waals surface area contributed by atoms with Gasteiger partial charge in [0.05, 0.1) is 0 Å². The molecule has 2 atom stereocenters. The van der Waals surface area contributed by atoms with Gasteiger partial charge >= 0.3 is 0 Å². The summed E-state index contributed by atoms with van der Waals surface area (Å²) in [5.41, 5.74) is 5.57. The van der Waals surface area contributed by atoms with Crippen LogP contribution in [0.1, 0.15) is 46.5 Å². The van der Waals surface area contributed by atoms with Crippen molar-refractivity contribution < 1.29 is 4.79 Å². The Hall–Kier alpha value is -0.570. The number of hydrogen-bond donors (Lipinski definition) is 1. The molecule has 96 valence electrons. The van der Waals surface area contributed by atoms with Crippen molar-refractivity contribution in [3.05, 3.63) is 0 Å². The molecule has 16 heavy (non-hydrogen) atoms. The van der Waals surface area contributed by atoms with E-state index in [1.165, 1.54) is 0 Å². The fraction of sp³-hybridized carbons (Fsp3) is 0.923. The number of unbranched alkanes of at least 4 members (excludes halogenated alkanes) is 1. The van der Waals surface area contributed by atoms with E-state index in [9.17, 15) is 4.79 Å². The second kappa shape index (κ2) is 8.57. The minimum Gasteiger partial charge on any atom is -0.345 e. The quantitative estimate of drug-likeness (QED) is 0.692. The Bertz CT molecular complexity index is 194. The average Bonchev–Trinajstić information content (AvgIpc) is 2.29. The van der Waals surface area contributed by atoms with Gasteiger partial charge in [-0.1, -0.05) is 33.6 Å². The maximum Gasteiger partial charge on any atom is 0.225 e. The van der Waals surface area contributed by atoms with E-state index in [0.717, 1.165) is 32.2 Å². The average molecular weight is 228 g/mol. The van der Waals surface area contributed by atoms with Gasteiger partial charge < -0.3 is 10.6 Å². The topological polar surface area (TPSA) is 46.3 Å². The molecule has 0 radical (unpaired) electrons. The summed E-state index contributed by atoms with van der Waals surface area (Å²) >= 11 is 0. The van der Waals surface area contributed by atoms with Crippen LogP contribution in [0.5, 0.6) is 0 Å². The van der Waals surface area contributed by atoms with Crippen LogP contribution in [-0.4, -0.2) is 30.9 Å². The van der Waals surface area contributed by atoms with E-state index in [4.69, 9.17) is 5.73 Å². The smallest absolute Gasteiger partial charge is 0.225 e. The van der Waals surface area contributed by atoms with Crippen LogP contribution < -0.4 is 5.73 Å². The number of nitrogens with zero attached hydrogens (tertiary/aromatic N) is 1. The first-order chi connectivity index (χ1) is 7.56. The minimum atomic E-state index is 0.204. The lowest BCUT2D eigenvalue weighted by molar-refractivity contribution is -0.135. The van der Waals surface area contributed by atoms with E-state index in [1.54, 1.807) is 0 Å². The van der Waals surface area contributed by atoms with Crippen molar-refractivity contribution in [2.75, 3.05) is 20.1 Å². The fourth-order valence-electron chi connectivity index (χ4n) is 1.90. The van der Waals surface area contributed by atoms with Gasteiger partial charge in [-0.05, 0) is 25.3 Å². The van der Waals surface area contributed by atoms with Crippen molar-refractivity contribution in [2.45, 2.75) is 46.5 Å². The number of carbonyl (C=O) groups is 1. The SMILES string of the molecule is CCCCC(CC)C(=O)N(C)CC(C)CN. The molecule has 0 aliphatic carbocycles. The van der Waals surface area contributed by atoms with Gasteiger partial charge in [0.15, 0.2) is 0 Å². The highest BCUT2D eigenvalue weighted by atomic mass is 16.2. The van der Waals surface area contributed by atoms with Crippen molar-refractivity contribution >= 4 is 5.91 Å². The van der Waals surface area contributed by atoms with Crippen LogP contribution in [0.3, 0.4) is 0 Å². The second-order valence-corrected chi connectivity index (χ2v) is 4.81. The van der Waals surface area contributed by atoms with Crippen molar-refractivity contribution in [1.29, 1.82) is 0 Å². The maximum atomic E-state index is 12.1. The summed E-state index contributed by atoms with van der Waals surface area (Å²) < 4.78 is 0. The van der Waals surface area contributed by atoms with Crippen molar-refractivity contribution in [2.24, 2.45) is 17.6 Å². The number of amides is 1. The molecule has 0 rings (SSSR count). The predicted octanol–water partition coefficient (Wildman–Crippen LogP) is 2.26. The van der Waals surface area contributed by atoms with Crippen LogP contribution in [0.25, 0.3) is 0 Å². The molecule has 3 nitrogen and oxygen atoms in total. The number of rotatable bonds is 8. The normalized spacial score (nSPS) is 14.6. The van der Waals surface area contributed by atoms with Crippen molar-refractivity contribution in [3.63, 3.8) is 0 Å². The summed E-state index contributed by atoms with van der Waals surface area (Å²) in [4.78, 5) is 14.0. The molecule has 0 fully saturated rings. The van der Waals surface area contributed by atoms with Crippen LogP contribution >= 0.6 is 0 Å². The maximum absolute atomic E-state index is 12.1. The third kappa shape index (κ3) is 5.50. The first kappa shape index (κ1) is 15.4. The van der Waals surface area contributed by atoms with Gasteiger partial charge in [-0.3, -0.25) is 4.79 Å². The molecule has 3 heteroatoms. The van der Waals surface area contributed by atoms with Crippen LogP contribution in [0.2, 0.25) is 0 Å². The molecule has 0 aliphatic heterocycles. The predicted molar refractivity (Wildman–Crippen MR) is 69.2 cm³/mol. The second-order valence-electron chi connectivity index (χ2n) is 4.81. The monoisotopic (exact) mass is 228 g/mol. The lowest BCUT2D eigenvalue weighted by atomic mass is 9.97. The van der Waals surface area contributed by atoms with E-state index in [2.05, 4.69) is 20.8 Å². The molecular weight excluding hydrogens is 200 g/mol. The minimum absolute atomic E-state index is 0.204. The van der Waals surface area contributed by atoms with E-state index in [1.807, 2.05) is 11.9 Å². The first-order valence-corrected chi connectivity index (χ1v) is 6.51. The summed E-state index contributed by atoms with van der Waals surface area (Å²) in [6.45, 7) is 7.76. The molecule has 2 unspecified atom stereocenters. The van der Waals surface area contributed by atoms with Gasteiger partial charge in [0.2, 0.25) is 5.91 Å². The van der Waals surface area contributed by atoms with Gasteiger partial charge in [-0.2, -0.15) is 0 Å². The molecule has 0 aliphatic rings. The Morgan fingerprint density at radius 3 is 2.44 bits per heavy atom. The van der Waals surface area contributed by atoms with Gasteiger partial charge in [-0.15, -0.1) is 0 Å². The lowest BCUT2D eigenvalue weighted by Gasteiger charge is -2.25. The van der Waals surface area contributed by atoms with Crippen LogP contribution in [0.4, 0.5) is 0 Å². The van der Waals surface area contributed by atoms with Crippen LogP contribution in [-0.2, 0) is 4.79 Å². The Labute approximate surface area is 100 Å². The molecule has 0 saturated carbocycles. The van der Waals surface area contributed by atoms with Crippen molar-refractivity contribution in [1.82, 2.24) is 4.90 Å². The molecule has 0 aromatic rings. The van der Waals surface area contributed by atoms with Crippen LogP contribution in [0, 0.1) is 11.8 Å². The van der Waals surface area contributed by atoms with E-state index < -0.39 is 0 Å². The standard InChI is InChI=1S/C13H28N2O/c1-5-7-8-12(6-2)13(16)15(4)10-11(3)9-14/h11-12H,5-10,14H2,1-4H3. The highest BCUT2D eigenvalue weighted by Gasteiger charge is 2.20. The van der Waals surface area contributed by atoms with Gasteiger partial charge in [-0.25, -0.2) is 0 Å². The zero-order chi connectivity index (χ0) is 12.6. The molecule has 0 aromatic heterocycles. The Morgan fingerprint density at radius 2 is 2.00 bits per heavy atom. The lowest BCUT2D eigenvalue weighted by Crippen LogP contribution is -2.37. The highest BCUT2D eigenvalue weighted by molar-refractivity contribution is 5.78. The molecule has 0 spiro atoms. The largest absolute Gasteiger partial charge is 0.345 e. The summed E-state index contributed by atoms with van der Waals surface area (Å²) in [7, 11) is 1.89. The van der Waals surface area contributed by atoms with Gasteiger partial charge in [0.1, 0.15) is 0 Å². The molecular formula is C13H28N2O. The Morgan fingerprint density at radius 1 is 1.38 bits per heavy atom. The third-order valence-corrected chi connectivity index (χ3v) is 3.11. The van der Waals surface area contributed by atoms with Crippen LogP contribution in [0.15, 0.2) is 0 Å². The summed E-state index contributed by atoms with van der Waals surface area (Å²) in [5.74, 6) is 0.879. The number of nitrogens with two attached hydrogens (primary N) is 1. The summed E-state index contributed by atoms with van der Waals surface area (Å²) in [6.07, 6.45) is 4.27. The first-order valence-electron chi connectivity index (χ1n) is 6.51. The third-order valence-electron chi connectivity index (χ3n) is 3.11. The molecule has 0 saturated heterocycles. The molecule has 0 heterocycles. The van der Waals surface area contributed by atoms with Crippen molar-refractivity contribution in [3.8, 4) is 0 Å². The van der Waals surface area contributed by atoms with E-state index in [0.29, 0.717) is 12.5 Å². The van der Waals surface area contributed by atoms with E-state index in [-0.39, 0.29) is 11.8 Å². The number of carbonyl (C=O) groups excluding carboxylic acids is 1. The highest BCUT2D eigenvalue weighted by Crippen LogP contribution is 2.15. The molecule has 0 aromatic carbocycles. The molecule has 2 N–H and O–H groups in total. The number of hydrogen-bond acceptors (Lipinski definition) is 2. The Kier molecular flexibility index (Phi) is 8.26. The zero-order valence-corrected chi connectivity index (χ0v) is 11.3. The molecule has 1 amide bonds. The van der Waals surface area contributed by atoms with Gasteiger partial charge in [0.25, 0.3) is 0 Å². The Balaban J connectivity index is 4.15. The zero-order valence-electron chi connectivity index (χ0n) is 11.3. The van der Waals surface area contributed by atoms with Gasteiger partial charge in [0, 0.05) is 19.5 Å². The summed E-state index contributed by atoms with van der Waals surface area (Å²) in [5, 5.41) is 0. The summed E-state index contributed by atoms with van der Waals surface area (Å²) in [6, 6.07) is 0.